The first-order chi connectivity index (χ1) is 9.08. The molecule has 0 aromatic heterocycles. The molecule has 0 fully saturated rings. The lowest BCUT2D eigenvalue weighted by Gasteiger charge is -2.11. The van der Waals surface area contributed by atoms with Crippen molar-refractivity contribution in [1.82, 2.24) is 9.80 Å². The number of hydrogen-bond acceptors (Lipinski definition) is 3. The Balaban J connectivity index is 2.23. The second kappa shape index (κ2) is 8.94. The fraction of sp³-hybridized carbons (Fsp3) is 0.625. The summed E-state index contributed by atoms with van der Waals surface area (Å²) in [5, 5.41) is 0. The first-order valence-electron chi connectivity index (χ1n) is 7.09. The van der Waals surface area contributed by atoms with E-state index in [0.29, 0.717) is 0 Å². The van der Waals surface area contributed by atoms with Crippen molar-refractivity contribution in [3.05, 3.63) is 29.8 Å². The third-order valence-corrected chi connectivity index (χ3v) is 3.01. The molecular formula is C16H28N2O. The molecule has 0 amide bonds. The number of ether oxygens (including phenoxy) is 1. The summed E-state index contributed by atoms with van der Waals surface area (Å²) in [6, 6.07) is 8.52. The van der Waals surface area contributed by atoms with Crippen molar-refractivity contribution in [2.45, 2.75) is 19.3 Å². The van der Waals surface area contributed by atoms with Gasteiger partial charge in [-0.05, 0) is 71.7 Å². The fourth-order valence-electron chi connectivity index (χ4n) is 1.92. The van der Waals surface area contributed by atoms with Gasteiger partial charge < -0.3 is 14.5 Å². The van der Waals surface area contributed by atoms with E-state index in [4.69, 9.17) is 4.74 Å². The van der Waals surface area contributed by atoms with Gasteiger partial charge in [0.05, 0.1) is 6.61 Å². The van der Waals surface area contributed by atoms with Gasteiger partial charge in [-0.1, -0.05) is 12.1 Å². The lowest BCUT2D eigenvalue weighted by molar-refractivity contribution is 0.281. The van der Waals surface area contributed by atoms with Crippen molar-refractivity contribution < 1.29 is 4.74 Å². The molecule has 0 heterocycles. The summed E-state index contributed by atoms with van der Waals surface area (Å²) in [5.41, 5.74) is 1.39. The topological polar surface area (TPSA) is 15.7 Å². The number of nitrogens with zero attached hydrogens (tertiary/aromatic N) is 2. The first-order valence-corrected chi connectivity index (χ1v) is 7.09. The van der Waals surface area contributed by atoms with Crippen LogP contribution in [0, 0.1) is 0 Å². The molecular weight excluding hydrogens is 236 g/mol. The highest BCUT2D eigenvalue weighted by molar-refractivity contribution is 5.27. The fourth-order valence-corrected chi connectivity index (χ4v) is 1.92. The average Bonchev–Trinajstić information content (AvgIpc) is 2.36. The van der Waals surface area contributed by atoms with Gasteiger partial charge in [0.25, 0.3) is 0 Å². The van der Waals surface area contributed by atoms with Crippen LogP contribution in [0.15, 0.2) is 24.3 Å². The molecule has 19 heavy (non-hydrogen) atoms. The zero-order chi connectivity index (χ0) is 14.1. The Morgan fingerprint density at radius 3 is 2.00 bits per heavy atom. The molecule has 0 unspecified atom stereocenters. The summed E-state index contributed by atoms with van der Waals surface area (Å²) in [5.74, 6) is 0.982. The van der Waals surface area contributed by atoms with Gasteiger partial charge in [0, 0.05) is 6.54 Å². The molecule has 3 heteroatoms. The van der Waals surface area contributed by atoms with Crippen LogP contribution in [0.4, 0.5) is 0 Å². The van der Waals surface area contributed by atoms with Crippen LogP contribution in [0.25, 0.3) is 0 Å². The zero-order valence-corrected chi connectivity index (χ0v) is 12.9. The van der Waals surface area contributed by atoms with Gasteiger partial charge in [-0.15, -0.1) is 0 Å². The van der Waals surface area contributed by atoms with E-state index < -0.39 is 0 Å². The third-order valence-electron chi connectivity index (χ3n) is 3.01. The number of hydrogen-bond donors (Lipinski definition) is 0. The van der Waals surface area contributed by atoms with Crippen molar-refractivity contribution >= 4 is 0 Å². The van der Waals surface area contributed by atoms with Crippen LogP contribution in [-0.4, -0.2) is 57.7 Å². The van der Waals surface area contributed by atoms with Crippen molar-refractivity contribution in [1.29, 1.82) is 0 Å². The number of rotatable bonds is 9. The highest BCUT2D eigenvalue weighted by Crippen LogP contribution is 2.13. The molecule has 0 aliphatic heterocycles. The van der Waals surface area contributed by atoms with E-state index in [1.54, 1.807) is 0 Å². The second-order valence-electron chi connectivity index (χ2n) is 5.56. The van der Waals surface area contributed by atoms with Crippen LogP contribution >= 0.6 is 0 Å². The molecule has 1 aromatic rings. The summed E-state index contributed by atoms with van der Waals surface area (Å²) in [7, 11) is 8.40. The summed E-state index contributed by atoms with van der Waals surface area (Å²) in [6.07, 6.45) is 3.41. The summed E-state index contributed by atoms with van der Waals surface area (Å²) in [6.45, 7) is 3.00. The monoisotopic (exact) mass is 264 g/mol. The molecule has 0 saturated heterocycles. The Kier molecular flexibility index (Phi) is 7.53. The maximum absolute atomic E-state index is 5.72. The van der Waals surface area contributed by atoms with Crippen molar-refractivity contribution in [2.75, 3.05) is 47.9 Å². The van der Waals surface area contributed by atoms with Gasteiger partial charge in [-0.2, -0.15) is 0 Å². The molecule has 0 spiro atoms. The Bertz CT molecular complexity index is 333. The molecule has 0 bridgehead atoms. The Labute approximate surface area is 118 Å². The van der Waals surface area contributed by atoms with Crippen LogP contribution in [0.3, 0.4) is 0 Å². The van der Waals surface area contributed by atoms with Gasteiger partial charge in [0.2, 0.25) is 0 Å². The predicted molar refractivity (Wildman–Crippen MR) is 82.0 cm³/mol. The maximum atomic E-state index is 5.72. The molecule has 0 radical (unpaired) electrons. The van der Waals surface area contributed by atoms with Crippen molar-refractivity contribution in [2.24, 2.45) is 0 Å². The minimum Gasteiger partial charge on any atom is -0.494 e. The van der Waals surface area contributed by atoms with E-state index in [2.05, 4.69) is 62.3 Å². The third kappa shape index (κ3) is 7.85. The maximum Gasteiger partial charge on any atom is 0.119 e. The summed E-state index contributed by atoms with van der Waals surface area (Å²) >= 11 is 0. The number of benzene rings is 1. The van der Waals surface area contributed by atoms with Crippen LogP contribution in [0.2, 0.25) is 0 Å². The van der Waals surface area contributed by atoms with Crippen LogP contribution < -0.4 is 4.74 Å². The number of aryl methyl sites for hydroxylation is 1. The van der Waals surface area contributed by atoms with Gasteiger partial charge >= 0.3 is 0 Å². The Morgan fingerprint density at radius 2 is 1.42 bits per heavy atom. The molecule has 1 aromatic carbocycles. The molecule has 0 N–H and O–H groups in total. The molecule has 3 nitrogen and oxygen atoms in total. The van der Waals surface area contributed by atoms with E-state index in [9.17, 15) is 0 Å². The van der Waals surface area contributed by atoms with E-state index in [0.717, 1.165) is 38.3 Å². The van der Waals surface area contributed by atoms with Crippen LogP contribution in [0.5, 0.6) is 5.75 Å². The Morgan fingerprint density at radius 1 is 0.842 bits per heavy atom. The summed E-state index contributed by atoms with van der Waals surface area (Å²) in [4.78, 5) is 4.40. The van der Waals surface area contributed by atoms with Gasteiger partial charge in [-0.25, -0.2) is 0 Å². The van der Waals surface area contributed by atoms with Gasteiger partial charge in [0.1, 0.15) is 5.75 Å². The van der Waals surface area contributed by atoms with Gasteiger partial charge in [0.15, 0.2) is 0 Å². The Hall–Kier alpha value is -1.06. The predicted octanol–water partition coefficient (Wildman–Crippen LogP) is 2.51. The van der Waals surface area contributed by atoms with E-state index in [-0.39, 0.29) is 0 Å². The van der Waals surface area contributed by atoms with Crippen LogP contribution in [0.1, 0.15) is 18.4 Å². The molecule has 1 rings (SSSR count). The quantitative estimate of drug-likeness (QED) is 0.637. The SMILES string of the molecule is CN(C)CCCOc1ccc(CCCN(C)C)cc1. The van der Waals surface area contributed by atoms with E-state index in [1.165, 1.54) is 12.0 Å². The smallest absolute Gasteiger partial charge is 0.119 e. The van der Waals surface area contributed by atoms with Crippen molar-refractivity contribution in [3.8, 4) is 5.75 Å². The summed E-state index contributed by atoms with van der Waals surface area (Å²) < 4.78 is 5.72. The lowest BCUT2D eigenvalue weighted by atomic mass is 10.1. The normalized spacial score (nSPS) is 11.3. The lowest BCUT2D eigenvalue weighted by Crippen LogP contribution is -2.15. The van der Waals surface area contributed by atoms with E-state index >= 15 is 0 Å². The van der Waals surface area contributed by atoms with E-state index in [1.807, 2.05) is 0 Å². The minimum atomic E-state index is 0.790. The van der Waals surface area contributed by atoms with Crippen molar-refractivity contribution in [3.63, 3.8) is 0 Å². The van der Waals surface area contributed by atoms with Crippen LogP contribution in [-0.2, 0) is 6.42 Å². The largest absolute Gasteiger partial charge is 0.494 e. The first kappa shape index (κ1) is 16.0. The molecule has 0 aliphatic rings. The highest BCUT2D eigenvalue weighted by Gasteiger charge is 1.98. The molecule has 108 valence electrons. The average molecular weight is 264 g/mol. The standard InChI is InChI=1S/C16H28N2O/c1-17(2)12-5-7-15-8-10-16(11-9-15)19-14-6-13-18(3)4/h8-11H,5-7,12-14H2,1-4H3. The molecule has 0 atom stereocenters. The highest BCUT2D eigenvalue weighted by atomic mass is 16.5. The minimum absolute atomic E-state index is 0.790. The molecule has 0 aliphatic carbocycles. The second-order valence-corrected chi connectivity index (χ2v) is 5.56. The van der Waals surface area contributed by atoms with Gasteiger partial charge in [-0.3, -0.25) is 0 Å². The zero-order valence-electron chi connectivity index (χ0n) is 12.9. The molecule has 0 saturated carbocycles.